The molecule has 0 radical (unpaired) electrons. The second kappa shape index (κ2) is 7.61. The Kier molecular flexibility index (Phi) is 5.09. The average Bonchev–Trinajstić information content (AvgIpc) is 3.08. The summed E-state index contributed by atoms with van der Waals surface area (Å²) < 4.78 is 5.08. The molecule has 2 aromatic rings. The Balaban J connectivity index is 1.59. The molecule has 0 unspecified atom stereocenters. The van der Waals surface area contributed by atoms with E-state index in [-0.39, 0.29) is 11.8 Å². The molecule has 6 nitrogen and oxygen atoms in total. The molecule has 0 atom stereocenters. The van der Waals surface area contributed by atoms with Gasteiger partial charge < -0.3 is 9.64 Å². The lowest BCUT2D eigenvalue weighted by Crippen LogP contribution is -2.24. The fraction of sp³-hybridized carbons (Fsp3) is 0.211. The fourth-order valence-corrected chi connectivity index (χ4v) is 2.63. The van der Waals surface area contributed by atoms with Crippen molar-refractivity contribution < 1.29 is 14.3 Å². The highest BCUT2D eigenvalue weighted by Gasteiger charge is 2.21. The van der Waals surface area contributed by atoms with Gasteiger partial charge in [-0.3, -0.25) is 9.59 Å². The lowest BCUT2D eigenvalue weighted by Gasteiger charge is -2.15. The number of carbonyl (C=O) groups excluding carboxylic acids is 2. The molecule has 0 saturated carbocycles. The third-order valence-corrected chi connectivity index (χ3v) is 4.01. The van der Waals surface area contributed by atoms with Crippen molar-refractivity contribution in [3.05, 3.63) is 59.7 Å². The number of ether oxygens (including phenoxy) is 1. The largest absolute Gasteiger partial charge is 0.497 e. The van der Waals surface area contributed by atoms with Gasteiger partial charge in [0.05, 0.1) is 13.3 Å². The second-order valence-electron chi connectivity index (χ2n) is 5.67. The van der Waals surface area contributed by atoms with Crippen LogP contribution in [0.2, 0.25) is 0 Å². The van der Waals surface area contributed by atoms with Gasteiger partial charge in [0.2, 0.25) is 5.91 Å². The van der Waals surface area contributed by atoms with Gasteiger partial charge in [0.1, 0.15) is 5.75 Å². The van der Waals surface area contributed by atoms with E-state index in [9.17, 15) is 9.59 Å². The summed E-state index contributed by atoms with van der Waals surface area (Å²) in [7, 11) is 1.61. The number of nitrogens with zero attached hydrogens (tertiary/aromatic N) is 2. The summed E-state index contributed by atoms with van der Waals surface area (Å²) in [4.78, 5) is 25.6. The zero-order valence-corrected chi connectivity index (χ0v) is 13.9. The van der Waals surface area contributed by atoms with Crippen LogP contribution < -0.4 is 15.1 Å². The van der Waals surface area contributed by atoms with Gasteiger partial charge >= 0.3 is 0 Å². The van der Waals surface area contributed by atoms with E-state index in [2.05, 4.69) is 10.5 Å². The second-order valence-corrected chi connectivity index (χ2v) is 5.67. The van der Waals surface area contributed by atoms with E-state index in [4.69, 9.17) is 4.74 Å². The van der Waals surface area contributed by atoms with Crippen molar-refractivity contribution in [3.63, 3.8) is 0 Å². The topological polar surface area (TPSA) is 71.0 Å². The number of benzene rings is 2. The highest BCUT2D eigenvalue weighted by molar-refractivity contribution is 5.97. The minimum absolute atomic E-state index is 0.126. The molecule has 6 heteroatoms. The minimum atomic E-state index is -0.302. The standard InChI is InChI=1S/C19H19N3O3/c1-25-17-10-4-14(5-11-17)13-20-21-19(24)15-6-8-16(9-7-15)22-12-2-3-18(22)23/h4-11,13H,2-3,12H2,1H3,(H,21,24)/b20-13-. The van der Waals surface area contributed by atoms with Gasteiger partial charge in [-0.1, -0.05) is 0 Å². The Hall–Kier alpha value is -3.15. The number of methoxy groups -OCH3 is 1. The predicted octanol–water partition coefficient (Wildman–Crippen LogP) is 2.59. The molecular formula is C19H19N3O3. The average molecular weight is 337 g/mol. The first kappa shape index (κ1) is 16.7. The zero-order valence-electron chi connectivity index (χ0n) is 13.9. The summed E-state index contributed by atoms with van der Waals surface area (Å²) in [6.07, 6.45) is 3.03. The molecule has 128 valence electrons. The summed E-state index contributed by atoms with van der Waals surface area (Å²) >= 11 is 0. The Labute approximate surface area is 146 Å². The van der Waals surface area contributed by atoms with E-state index >= 15 is 0 Å². The number of hydrogen-bond donors (Lipinski definition) is 1. The molecule has 2 aromatic carbocycles. The maximum absolute atomic E-state index is 12.1. The minimum Gasteiger partial charge on any atom is -0.497 e. The molecule has 0 bridgehead atoms. The number of anilines is 1. The number of amides is 2. The molecule has 1 saturated heterocycles. The van der Waals surface area contributed by atoms with Crippen LogP contribution in [0.4, 0.5) is 5.69 Å². The maximum Gasteiger partial charge on any atom is 0.271 e. The summed E-state index contributed by atoms with van der Waals surface area (Å²) in [6, 6.07) is 14.3. The van der Waals surface area contributed by atoms with Crippen LogP contribution in [0.5, 0.6) is 5.75 Å². The normalized spacial score (nSPS) is 14.1. The van der Waals surface area contributed by atoms with Crippen LogP contribution >= 0.6 is 0 Å². The number of hydrogen-bond acceptors (Lipinski definition) is 4. The fourth-order valence-electron chi connectivity index (χ4n) is 2.63. The SMILES string of the molecule is COc1ccc(/C=N\NC(=O)c2ccc(N3CCCC3=O)cc2)cc1. The van der Waals surface area contributed by atoms with Crippen LogP contribution in [0.25, 0.3) is 0 Å². The Morgan fingerprint density at radius 3 is 2.48 bits per heavy atom. The molecule has 1 heterocycles. The lowest BCUT2D eigenvalue weighted by molar-refractivity contribution is -0.117. The molecule has 25 heavy (non-hydrogen) atoms. The molecule has 1 aliphatic heterocycles. The molecule has 2 amide bonds. The molecule has 1 aliphatic rings. The first-order valence-electron chi connectivity index (χ1n) is 8.05. The van der Waals surface area contributed by atoms with Crippen molar-refractivity contribution in [2.45, 2.75) is 12.8 Å². The Morgan fingerprint density at radius 2 is 1.88 bits per heavy atom. The van der Waals surface area contributed by atoms with E-state index in [1.807, 2.05) is 24.3 Å². The van der Waals surface area contributed by atoms with Crippen molar-refractivity contribution in [2.24, 2.45) is 5.10 Å². The number of hydrazone groups is 1. The van der Waals surface area contributed by atoms with Crippen LogP contribution in [-0.4, -0.2) is 31.7 Å². The van der Waals surface area contributed by atoms with E-state index in [0.29, 0.717) is 12.0 Å². The van der Waals surface area contributed by atoms with Gasteiger partial charge in [-0.2, -0.15) is 5.10 Å². The van der Waals surface area contributed by atoms with E-state index in [1.165, 1.54) is 0 Å². The third kappa shape index (κ3) is 4.03. The maximum atomic E-state index is 12.1. The van der Waals surface area contributed by atoms with Crippen LogP contribution in [0, 0.1) is 0 Å². The molecule has 0 aromatic heterocycles. The van der Waals surface area contributed by atoms with Crippen LogP contribution in [-0.2, 0) is 4.79 Å². The molecule has 3 rings (SSSR count). The number of carbonyl (C=O) groups is 2. The van der Waals surface area contributed by atoms with Crippen molar-refractivity contribution in [3.8, 4) is 5.75 Å². The van der Waals surface area contributed by atoms with Crippen molar-refractivity contribution >= 4 is 23.7 Å². The molecular weight excluding hydrogens is 318 g/mol. The Bertz CT molecular complexity index is 783. The van der Waals surface area contributed by atoms with Crippen LogP contribution in [0.1, 0.15) is 28.8 Å². The van der Waals surface area contributed by atoms with Gasteiger partial charge in [-0.25, -0.2) is 5.43 Å². The van der Waals surface area contributed by atoms with Gasteiger partial charge in [0.25, 0.3) is 5.91 Å². The van der Waals surface area contributed by atoms with E-state index in [0.717, 1.165) is 30.0 Å². The van der Waals surface area contributed by atoms with Crippen molar-refractivity contribution in [1.29, 1.82) is 0 Å². The summed E-state index contributed by atoms with van der Waals surface area (Å²) in [6.45, 7) is 0.733. The van der Waals surface area contributed by atoms with Crippen molar-refractivity contribution in [1.82, 2.24) is 5.43 Å². The molecule has 0 aliphatic carbocycles. The summed E-state index contributed by atoms with van der Waals surface area (Å²) in [5.74, 6) is 0.586. The highest BCUT2D eigenvalue weighted by Crippen LogP contribution is 2.21. The first-order valence-corrected chi connectivity index (χ1v) is 8.05. The number of rotatable bonds is 5. The number of nitrogens with one attached hydrogen (secondary N) is 1. The zero-order chi connectivity index (χ0) is 17.6. The molecule has 0 spiro atoms. The lowest BCUT2D eigenvalue weighted by atomic mass is 10.2. The van der Waals surface area contributed by atoms with Gasteiger partial charge in [0.15, 0.2) is 0 Å². The van der Waals surface area contributed by atoms with Crippen LogP contribution in [0.15, 0.2) is 53.6 Å². The van der Waals surface area contributed by atoms with E-state index in [1.54, 1.807) is 42.5 Å². The predicted molar refractivity (Wildman–Crippen MR) is 96.1 cm³/mol. The summed E-state index contributed by atoms with van der Waals surface area (Å²) in [5.41, 5.74) is 4.65. The monoisotopic (exact) mass is 337 g/mol. The van der Waals surface area contributed by atoms with Crippen LogP contribution in [0.3, 0.4) is 0 Å². The van der Waals surface area contributed by atoms with Gasteiger partial charge in [-0.05, 0) is 60.5 Å². The highest BCUT2D eigenvalue weighted by atomic mass is 16.5. The Morgan fingerprint density at radius 1 is 1.16 bits per heavy atom. The quantitative estimate of drug-likeness (QED) is 0.673. The van der Waals surface area contributed by atoms with Crippen molar-refractivity contribution in [2.75, 3.05) is 18.6 Å². The summed E-state index contributed by atoms with van der Waals surface area (Å²) in [5, 5.41) is 3.96. The van der Waals surface area contributed by atoms with Gasteiger partial charge in [-0.15, -0.1) is 0 Å². The first-order chi connectivity index (χ1) is 12.2. The molecule has 1 fully saturated rings. The molecule has 1 N–H and O–H groups in total. The third-order valence-electron chi connectivity index (χ3n) is 4.01. The van der Waals surface area contributed by atoms with E-state index < -0.39 is 0 Å². The van der Waals surface area contributed by atoms with Gasteiger partial charge in [0, 0.05) is 24.2 Å². The smallest absolute Gasteiger partial charge is 0.271 e.